The van der Waals surface area contributed by atoms with Crippen LogP contribution in [-0.2, 0) is 0 Å². The zero-order valence-electron chi connectivity index (χ0n) is 14.4. The molecule has 2 aliphatic carbocycles. The van der Waals surface area contributed by atoms with Gasteiger partial charge in [-0.05, 0) is 77.7 Å². The first-order chi connectivity index (χ1) is 9.53. The van der Waals surface area contributed by atoms with Gasteiger partial charge in [0.1, 0.15) is 0 Å². The highest BCUT2D eigenvalue weighted by Crippen LogP contribution is 2.59. The van der Waals surface area contributed by atoms with Gasteiger partial charge in [-0.3, -0.25) is 0 Å². The second kappa shape index (κ2) is 5.44. The van der Waals surface area contributed by atoms with E-state index in [4.69, 9.17) is 22.2 Å². The van der Waals surface area contributed by atoms with Crippen molar-refractivity contribution >= 4 is 28.9 Å². The van der Waals surface area contributed by atoms with E-state index in [-0.39, 0.29) is 11.1 Å². The molecule has 0 aliphatic heterocycles. The number of allylic oxidation sites excluding steroid dienone is 8. The van der Waals surface area contributed by atoms with Gasteiger partial charge in [0.15, 0.2) is 0 Å². The van der Waals surface area contributed by atoms with Crippen LogP contribution in [0.5, 0.6) is 0 Å². The van der Waals surface area contributed by atoms with Crippen LogP contribution in [0.3, 0.4) is 0 Å². The van der Waals surface area contributed by atoms with Crippen molar-refractivity contribution in [2.45, 2.75) is 66.5 Å². The Morgan fingerprint density at radius 1 is 0.524 bits per heavy atom. The minimum absolute atomic E-state index is 0.245. The van der Waals surface area contributed by atoms with Gasteiger partial charge in [0.2, 0.25) is 0 Å². The Morgan fingerprint density at radius 2 is 0.714 bits per heavy atom. The SMILES string of the molecule is CC1=C(C)C([Si](Cl)(Cl)C2C(C)=C(C)C(C)=C2C)C(C)=C1C. The molecular formula is C18H26Cl2Si. The Bertz CT molecular complexity index is 528. The zero-order valence-corrected chi connectivity index (χ0v) is 16.9. The molecule has 0 unspecified atom stereocenters. The minimum Gasteiger partial charge on any atom is -0.144 e. The maximum Gasteiger partial charge on any atom is 0.272 e. The van der Waals surface area contributed by atoms with E-state index in [0.717, 1.165) is 0 Å². The van der Waals surface area contributed by atoms with Gasteiger partial charge in [-0.2, -0.15) is 0 Å². The molecule has 3 heteroatoms. The van der Waals surface area contributed by atoms with Crippen LogP contribution in [0.15, 0.2) is 44.6 Å². The Kier molecular flexibility index (Phi) is 4.43. The summed E-state index contributed by atoms with van der Waals surface area (Å²) in [5.41, 5.74) is 11.5. The summed E-state index contributed by atoms with van der Waals surface area (Å²) in [7, 11) is 0. The Morgan fingerprint density at radius 3 is 0.905 bits per heavy atom. The molecule has 116 valence electrons. The third-order valence-electron chi connectivity index (χ3n) is 5.99. The normalized spacial score (nSPS) is 22.6. The van der Waals surface area contributed by atoms with Crippen LogP contribution in [-0.4, -0.2) is 6.69 Å². The molecule has 0 fully saturated rings. The molecule has 0 nitrogen and oxygen atoms in total. The summed E-state index contributed by atoms with van der Waals surface area (Å²) in [5.74, 6) is 0. The molecular weight excluding hydrogens is 315 g/mol. The first-order valence-electron chi connectivity index (χ1n) is 7.61. The van der Waals surface area contributed by atoms with Crippen molar-refractivity contribution < 1.29 is 0 Å². The third kappa shape index (κ3) is 2.33. The van der Waals surface area contributed by atoms with Crippen LogP contribution < -0.4 is 0 Å². The van der Waals surface area contributed by atoms with Gasteiger partial charge in [0.25, 0.3) is 6.69 Å². The Labute approximate surface area is 140 Å². The maximum absolute atomic E-state index is 7.16. The summed E-state index contributed by atoms with van der Waals surface area (Å²) in [4.78, 5) is 0. The van der Waals surface area contributed by atoms with Crippen molar-refractivity contribution in [3.63, 3.8) is 0 Å². The monoisotopic (exact) mass is 340 g/mol. The average Bonchev–Trinajstić information content (AvgIpc) is 2.72. The van der Waals surface area contributed by atoms with Crippen LogP contribution in [0.4, 0.5) is 0 Å². The van der Waals surface area contributed by atoms with E-state index in [2.05, 4.69) is 55.4 Å². The fourth-order valence-electron chi connectivity index (χ4n) is 4.02. The summed E-state index contributed by atoms with van der Waals surface area (Å²) in [6, 6.07) is 0. The molecule has 0 heterocycles. The predicted molar refractivity (Wildman–Crippen MR) is 98.5 cm³/mol. The number of halogens is 2. The molecule has 0 saturated carbocycles. The van der Waals surface area contributed by atoms with E-state index in [1.807, 2.05) is 0 Å². The molecule has 0 saturated heterocycles. The molecule has 0 radical (unpaired) electrons. The van der Waals surface area contributed by atoms with Gasteiger partial charge in [-0.1, -0.05) is 22.3 Å². The van der Waals surface area contributed by atoms with E-state index in [9.17, 15) is 0 Å². The molecule has 2 aliphatic rings. The Hall–Kier alpha value is -0.243. The highest BCUT2D eigenvalue weighted by molar-refractivity contribution is 7.47. The lowest BCUT2D eigenvalue weighted by Crippen LogP contribution is -2.35. The standard InChI is InChI=1S/C18H26Cl2Si/c1-9-10(2)14(6)17(13(9)5)21(19,20)18-15(7)11(3)12(4)16(18)8/h17-18H,1-8H3. The summed E-state index contributed by atoms with van der Waals surface area (Å²) in [6.45, 7) is 15.1. The Balaban J connectivity index is 2.56. The quantitative estimate of drug-likeness (QED) is 0.374. The van der Waals surface area contributed by atoms with Crippen molar-refractivity contribution in [2.75, 3.05) is 0 Å². The van der Waals surface area contributed by atoms with Crippen LogP contribution in [0.2, 0.25) is 11.1 Å². The van der Waals surface area contributed by atoms with Gasteiger partial charge in [-0.25, -0.2) is 0 Å². The van der Waals surface area contributed by atoms with Gasteiger partial charge in [0, 0.05) is 11.1 Å². The lowest BCUT2D eigenvalue weighted by molar-refractivity contribution is 1.02. The van der Waals surface area contributed by atoms with Crippen molar-refractivity contribution in [1.82, 2.24) is 0 Å². The van der Waals surface area contributed by atoms with Crippen LogP contribution >= 0.6 is 22.2 Å². The molecule has 0 aromatic rings. The van der Waals surface area contributed by atoms with E-state index in [1.54, 1.807) is 0 Å². The second-order valence-electron chi connectivity index (χ2n) is 6.77. The number of hydrogen-bond acceptors (Lipinski definition) is 0. The van der Waals surface area contributed by atoms with Crippen molar-refractivity contribution in [1.29, 1.82) is 0 Å². The van der Waals surface area contributed by atoms with E-state index >= 15 is 0 Å². The third-order valence-corrected chi connectivity index (χ3v) is 11.9. The summed E-state index contributed by atoms with van der Waals surface area (Å²) < 4.78 is 0. The first-order valence-corrected chi connectivity index (χ1v) is 11.8. The summed E-state index contributed by atoms with van der Waals surface area (Å²) in [5, 5.41) is 0. The lowest BCUT2D eigenvalue weighted by Gasteiger charge is -2.34. The maximum atomic E-state index is 7.16. The van der Waals surface area contributed by atoms with Gasteiger partial charge in [-0.15, -0.1) is 22.2 Å². The van der Waals surface area contributed by atoms with Gasteiger partial charge < -0.3 is 0 Å². The highest BCUT2D eigenvalue weighted by atomic mass is 35.7. The lowest BCUT2D eigenvalue weighted by atomic mass is 10.1. The van der Waals surface area contributed by atoms with Crippen LogP contribution in [0.1, 0.15) is 55.4 Å². The van der Waals surface area contributed by atoms with E-state index < -0.39 is 6.69 Å². The zero-order chi connectivity index (χ0) is 16.3. The van der Waals surface area contributed by atoms with E-state index in [0.29, 0.717) is 0 Å². The number of hydrogen-bond donors (Lipinski definition) is 0. The predicted octanol–water partition coefficient (Wildman–Crippen LogP) is 7.02. The average molecular weight is 341 g/mol. The van der Waals surface area contributed by atoms with Crippen LogP contribution in [0.25, 0.3) is 0 Å². The molecule has 0 atom stereocenters. The van der Waals surface area contributed by atoms with Crippen molar-refractivity contribution in [3.8, 4) is 0 Å². The summed E-state index contributed by atoms with van der Waals surface area (Å²) >= 11 is 14.3. The minimum atomic E-state index is -2.54. The smallest absolute Gasteiger partial charge is 0.144 e. The molecule has 0 bridgehead atoms. The van der Waals surface area contributed by atoms with Crippen molar-refractivity contribution in [2.24, 2.45) is 0 Å². The molecule has 0 amide bonds. The molecule has 21 heavy (non-hydrogen) atoms. The topological polar surface area (TPSA) is 0 Å². The largest absolute Gasteiger partial charge is 0.272 e. The van der Waals surface area contributed by atoms with Gasteiger partial charge >= 0.3 is 0 Å². The second-order valence-corrected chi connectivity index (χ2v) is 13.6. The summed E-state index contributed by atoms with van der Waals surface area (Å²) in [6.07, 6.45) is 0. The molecule has 0 aromatic heterocycles. The molecule has 2 rings (SSSR count). The highest BCUT2D eigenvalue weighted by Gasteiger charge is 2.52. The fraction of sp³-hybridized carbons (Fsp3) is 0.556. The van der Waals surface area contributed by atoms with Gasteiger partial charge in [0.05, 0.1) is 0 Å². The van der Waals surface area contributed by atoms with E-state index in [1.165, 1.54) is 44.6 Å². The fourth-order valence-corrected chi connectivity index (χ4v) is 11.5. The first kappa shape index (κ1) is 17.1. The molecule has 0 N–H and O–H groups in total. The number of rotatable bonds is 2. The van der Waals surface area contributed by atoms with Crippen LogP contribution in [0, 0.1) is 0 Å². The molecule has 0 aromatic carbocycles. The molecule has 0 spiro atoms. The van der Waals surface area contributed by atoms with Crippen molar-refractivity contribution in [3.05, 3.63) is 44.6 Å².